The van der Waals surface area contributed by atoms with Crippen molar-refractivity contribution in [1.82, 2.24) is 10.2 Å². The molecule has 1 saturated heterocycles. The summed E-state index contributed by atoms with van der Waals surface area (Å²) in [7, 11) is 0. The molecule has 0 radical (unpaired) electrons. The van der Waals surface area contributed by atoms with Crippen LogP contribution >= 0.6 is 23.6 Å². The number of esters is 1. The van der Waals surface area contributed by atoms with Crippen LogP contribution in [-0.4, -0.2) is 41.7 Å². The fourth-order valence-corrected chi connectivity index (χ4v) is 5.38. The highest BCUT2D eigenvalue weighted by atomic mass is 32.1. The van der Waals surface area contributed by atoms with E-state index in [1.807, 2.05) is 43.3 Å². The van der Waals surface area contributed by atoms with Gasteiger partial charge in [-0.15, -0.1) is 11.3 Å². The summed E-state index contributed by atoms with van der Waals surface area (Å²) in [5.41, 5.74) is 2.92. The van der Waals surface area contributed by atoms with E-state index in [2.05, 4.69) is 45.9 Å². The molecular formula is C26H29N3O2S2. The SMILES string of the molecule is CCOC(=O)c1cc(-c2ccccc2)sc1NC(=S)NC1CCN(Cc2ccccc2)CC1. The lowest BCUT2D eigenvalue weighted by molar-refractivity contribution is 0.0528. The Morgan fingerprint density at radius 1 is 1.09 bits per heavy atom. The third-order valence-corrected chi connectivity index (χ3v) is 7.00. The van der Waals surface area contributed by atoms with Gasteiger partial charge in [-0.1, -0.05) is 60.7 Å². The number of thiophene rings is 1. The highest BCUT2D eigenvalue weighted by Gasteiger charge is 2.22. The Morgan fingerprint density at radius 2 is 1.76 bits per heavy atom. The molecule has 0 atom stereocenters. The van der Waals surface area contributed by atoms with Gasteiger partial charge < -0.3 is 15.4 Å². The summed E-state index contributed by atoms with van der Waals surface area (Å²) >= 11 is 7.12. The number of anilines is 1. The number of nitrogens with one attached hydrogen (secondary N) is 2. The average molecular weight is 480 g/mol. The van der Waals surface area contributed by atoms with E-state index in [0.717, 1.165) is 42.9 Å². The molecule has 1 aliphatic heterocycles. The molecule has 0 unspecified atom stereocenters. The molecule has 1 fully saturated rings. The van der Waals surface area contributed by atoms with Gasteiger partial charge in [-0.3, -0.25) is 4.90 Å². The molecule has 3 aromatic rings. The Balaban J connectivity index is 1.36. The summed E-state index contributed by atoms with van der Waals surface area (Å²) in [5, 5.41) is 7.97. The zero-order valence-corrected chi connectivity index (χ0v) is 20.4. The Morgan fingerprint density at radius 3 is 2.42 bits per heavy atom. The van der Waals surface area contributed by atoms with Crippen molar-refractivity contribution < 1.29 is 9.53 Å². The number of nitrogens with zero attached hydrogens (tertiary/aromatic N) is 1. The second-order valence-electron chi connectivity index (χ2n) is 8.07. The van der Waals surface area contributed by atoms with Crippen molar-refractivity contribution in [2.75, 3.05) is 25.0 Å². The minimum atomic E-state index is -0.338. The number of piperidine rings is 1. The van der Waals surface area contributed by atoms with Crippen LogP contribution in [0.4, 0.5) is 5.00 Å². The van der Waals surface area contributed by atoms with Crippen LogP contribution in [0, 0.1) is 0 Å². The van der Waals surface area contributed by atoms with Gasteiger partial charge in [0.2, 0.25) is 0 Å². The lowest BCUT2D eigenvalue weighted by Gasteiger charge is -2.33. The van der Waals surface area contributed by atoms with Gasteiger partial charge in [0.1, 0.15) is 5.00 Å². The first kappa shape index (κ1) is 23.4. The first-order valence-corrected chi connectivity index (χ1v) is 12.5. The predicted molar refractivity (Wildman–Crippen MR) is 140 cm³/mol. The van der Waals surface area contributed by atoms with E-state index in [1.165, 1.54) is 16.9 Å². The van der Waals surface area contributed by atoms with Gasteiger partial charge in [-0.05, 0) is 49.2 Å². The molecule has 2 aromatic carbocycles. The molecule has 5 nitrogen and oxygen atoms in total. The maximum Gasteiger partial charge on any atom is 0.341 e. The molecule has 0 saturated carbocycles. The van der Waals surface area contributed by atoms with Crippen LogP contribution in [0.3, 0.4) is 0 Å². The summed E-state index contributed by atoms with van der Waals surface area (Å²) in [6.45, 7) is 5.18. The summed E-state index contributed by atoms with van der Waals surface area (Å²) < 4.78 is 5.27. The Labute approximate surface area is 204 Å². The van der Waals surface area contributed by atoms with Gasteiger partial charge in [0.15, 0.2) is 5.11 Å². The zero-order valence-electron chi connectivity index (χ0n) is 18.8. The van der Waals surface area contributed by atoms with Crippen LogP contribution in [0.1, 0.15) is 35.7 Å². The van der Waals surface area contributed by atoms with Crippen molar-refractivity contribution in [3.8, 4) is 10.4 Å². The van der Waals surface area contributed by atoms with Crippen LogP contribution in [0.2, 0.25) is 0 Å². The first-order chi connectivity index (χ1) is 16.1. The minimum absolute atomic E-state index is 0.316. The van der Waals surface area contributed by atoms with Crippen LogP contribution in [0.5, 0.6) is 0 Å². The van der Waals surface area contributed by atoms with Gasteiger partial charge in [0, 0.05) is 30.6 Å². The van der Waals surface area contributed by atoms with E-state index < -0.39 is 0 Å². The molecule has 0 spiro atoms. The molecule has 2 heterocycles. The van der Waals surface area contributed by atoms with Crippen LogP contribution < -0.4 is 10.6 Å². The molecule has 0 aliphatic carbocycles. The normalized spacial score (nSPS) is 14.6. The van der Waals surface area contributed by atoms with E-state index in [4.69, 9.17) is 17.0 Å². The molecule has 0 amide bonds. The minimum Gasteiger partial charge on any atom is -0.462 e. The number of carbonyl (C=O) groups is 1. The van der Waals surface area contributed by atoms with Crippen molar-refractivity contribution in [3.05, 3.63) is 77.9 Å². The van der Waals surface area contributed by atoms with Crippen molar-refractivity contribution in [3.63, 3.8) is 0 Å². The molecule has 2 N–H and O–H groups in total. The lowest BCUT2D eigenvalue weighted by Crippen LogP contribution is -2.45. The van der Waals surface area contributed by atoms with Crippen LogP contribution in [-0.2, 0) is 11.3 Å². The van der Waals surface area contributed by atoms with Crippen LogP contribution in [0.15, 0.2) is 66.7 Å². The highest BCUT2D eigenvalue weighted by Crippen LogP contribution is 2.36. The number of likely N-dealkylation sites (tertiary alicyclic amines) is 1. The summed E-state index contributed by atoms with van der Waals surface area (Å²) in [6.07, 6.45) is 2.05. The molecule has 7 heteroatoms. The molecule has 4 rings (SSSR count). The molecule has 172 valence electrons. The summed E-state index contributed by atoms with van der Waals surface area (Å²) in [4.78, 5) is 16.0. The second-order valence-corrected chi connectivity index (χ2v) is 9.53. The number of carbonyl (C=O) groups excluding carboxylic acids is 1. The van der Waals surface area contributed by atoms with E-state index in [9.17, 15) is 4.79 Å². The summed E-state index contributed by atoms with van der Waals surface area (Å²) in [6, 6.07) is 22.8. The standard InChI is InChI=1S/C26H29N3O2S2/c1-2-31-25(30)22-17-23(20-11-7-4-8-12-20)33-24(22)28-26(32)27-21-13-15-29(16-14-21)18-19-9-5-3-6-10-19/h3-12,17,21H,2,13-16,18H2,1H3,(H2,27,28,32). The third-order valence-electron chi connectivity index (χ3n) is 5.68. The summed E-state index contributed by atoms with van der Waals surface area (Å²) in [5.74, 6) is -0.338. The van der Waals surface area contributed by atoms with E-state index >= 15 is 0 Å². The molecular weight excluding hydrogens is 450 g/mol. The van der Waals surface area contributed by atoms with E-state index in [0.29, 0.717) is 28.3 Å². The van der Waals surface area contributed by atoms with Gasteiger partial charge in [0.05, 0.1) is 12.2 Å². The monoisotopic (exact) mass is 479 g/mol. The number of hydrogen-bond acceptors (Lipinski definition) is 5. The number of thiocarbonyl (C=S) groups is 1. The lowest BCUT2D eigenvalue weighted by atomic mass is 10.0. The first-order valence-electron chi connectivity index (χ1n) is 11.3. The molecule has 0 bridgehead atoms. The van der Waals surface area contributed by atoms with Gasteiger partial charge in [-0.25, -0.2) is 4.79 Å². The van der Waals surface area contributed by atoms with Gasteiger partial charge in [0.25, 0.3) is 0 Å². The number of ether oxygens (including phenoxy) is 1. The van der Waals surface area contributed by atoms with Crippen molar-refractivity contribution in [2.45, 2.75) is 32.4 Å². The largest absolute Gasteiger partial charge is 0.462 e. The third kappa shape index (κ3) is 6.41. The van der Waals surface area contributed by atoms with E-state index in [-0.39, 0.29) is 5.97 Å². The predicted octanol–water partition coefficient (Wildman–Crippen LogP) is 5.54. The van der Waals surface area contributed by atoms with Crippen molar-refractivity contribution in [1.29, 1.82) is 0 Å². The topological polar surface area (TPSA) is 53.6 Å². The van der Waals surface area contributed by atoms with Crippen molar-refractivity contribution >= 4 is 39.6 Å². The highest BCUT2D eigenvalue weighted by molar-refractivity contribution is 7.80. The van der Waals surface area contributed by atoms with Crippen molar-refractivity contribution in [2.24, 2.45) is 0 Å². The number of rotatable bonds is 7. The maximum absolute atomic E-state index is 12.5. The molecule has 1 aromatic heterocycles. The molecule has 33 heavy (non-hydrogen) atoms. The van der Waals surface area contributed by atoms with E-state index in [1.54, 1.807) is 0 Å². The number of hydrogen-bond donors (Lipinski definition) is 2. The number of benzene rings is 2. The quantitative estimate of drug-likeness (QED) is 0.343. The molecule has 1 aliphatic rings. The van der Waals surface area contributed by atoms with Gasteiger partial charge >= 0.3 is 5.97 Å². The average Bonchev–Trinajstić information content (AvgIpc) is 3.25. The smallest absolute Gasteiger partial charge is 0.341 e. The Kier molecular flexibility index (Phi) is 8.10. The Bertz CT molecular complexity index is 1060. The second kappa shape index (κ2) is 11.4. The fourth-order valence-electron chi connectivity index (χ4n) is 3.99. The zero-order chi connectivity index (χ0) is 23.0. The Hall–Kier alpha value is -2.74. The van der Waals surface area contributed by atoms with Gasteiger partial charge in [-0.2, -0.15) is 0 Å². The maximum atomic E-state index is 12.5. The van der Waals surface area contributed by atoms with Crippen LogP contribution in [0.25, 0.3) is 10.4 Å². The fraction of sp³-hybridized carbons (Fsp3) is 0.308.